The Morgan fingerprint density at radius 1 is 1.62 bits per heavy atom. The van der Waals surface area contributed by atoms with Crippen molar-refractivity contribution in [3.05, 3.63) is 35.1 Å². The Balaban J connectivity index is 2.72. The van der Waals surface area contributed by atoms with Crippen molar-refractivity contribution in [1.82, 2.24) is 0 Å². The van der Waals surface area contributed by atoms with E-state index < -0.39 is 0 Å². The van der Waals surface area contributed by atoms with Gasteiger partial charge in [0.05, 0.1) is 11.4 Å². The molecule has 0 aliphatic heterocycles. The van der Waals surface area contributed by atoms with E-state index >= 15 is 0 Å². The maximum Gasteiger partial charge on any atom is 0.125 e. The summed E-state index contributed by atoms with van der Waals surface area (Å²) in [4.78, 5) is 0. The monoisotopic (exact) mass is 244 g/mol. The minimum atomic E-state index is -0.333. The molecule has 0 unspecified atom stereocenters. The largest absolute Gasteiger partial charge is 0.397 e. The second-order valence-electron chi connectivity index (χ2n) is 2.60. The smallest absolute Gasteiger partial charge is 0.125 e. The van der Waals surface area contributed by atoms with E-state index in [0.29, 0.717) is 17.9 Å². The van der Waals surface area contributed by atoms with E-state index in [1.54, 1.807) is 6.07 Å². The zero-order chi connectivity index (χ0) is 9.84. The molecule has 1 aromatic carbocycles. The number of rotatable bonds is 3. The van der Waals surface area contributed by atoms with Crippen molar-refractivity contribution in [2.45, 2.75) is 0 Å². The van der Waals surface area contributed by atoms with Crippen LogP contribution in [-0.2, 0) is 0 Å². The van der Waals surface area contributed by atoms with Gasteiger partial charge in [-0.3, -0.25) is 0 Å². The fraction of sp³-hybridized carbons (Fsp3) is 0.111. The van der Waals surface area contributed by atoms with Gasteiger partial charge in [-0.15, -0.1) is 0 Å². The molecule has 0 spiro atoms. The summed E-state index contributed by atoms with van der Waals surface area (Å²) in [6.07, 6.45) is 0. The molecule has 3 N–H and O–H groups in total. The number of nitrogens with one attached hydrogen (secondary N) is 1. The molecule has 4 heteroatoms. The lowest BCUT2D eigenvalue weighted by molar-refractivity contribution is 0.628. The molecular formula is C9H10BrFN2. The highest BCUT2D eigenvalue weighted by Gasteiger charge is 1.99. The number of hydrogen-bond donors (Lipinski definition) is 2. The van der Waals surface area contributed by atoms with Crippen LogP contribution in [0.2, 0.25) is 0 Å². The summed E-state index contributed by atoms with van der Waals surface area (Å²) in [5.74, 6) is -0.333. The normalized spacial score (nSPS) is 9.69. The van der Waals surface area contributed by atoms with Gasteiger partial charge in [0.25, 0.3) is 0 Å². The molecule has 0 amide bonds. The van der Waals surface area contributed by atoms with Crippen molar-refractivity contribution in [3.63, 3.8) is 0 Å². The number of benzene rings is 1. The fourth-order valence-electron chi connectivity index (χ4n) is 0.886. The van der Waals surface area contributed by atoms with Gasteiger partial charge in [0.2, 0.25) is 0 Å². The molecule has 0 heterocycles. The molecule has 0 radical (unpaired) electrons. The SMILES string of the molecule is C=C(Br)CNc1ccc(F)cc1N. The molecule has 0 saturated heterocycles. The number of hydrogen-bond acceptors (Lipinski definition) is 2. The molecule has 0 atom stereocenters. The van der Waals surface area contributed by atoms with Crippen molar-refractivity contribution in [1.29, 1.82) is 0 Å². The standard InChI is InChI=1S/C9H10BrFN2/c1-6(10)5-13-9-3-2-7(11)4-8(9)12/h2-4,13H,1,5,12H2. The molecule has 0 aliphatic carbocycles. The van der Waals surface area contributed by atoms with E-state index in [-0.39, 0.29) is 5.82 Å². The van der Waals surface area contributed by atoms with E-state index in [2.05, 4.69) is 27.8 Å². The summed E-state index contributed by atoms with van der Waals surface area (Å²) in [6, 6.07) is 4.23. The highest BCUT2D eigenvalue weighted by atomic mass is 79.9. The van der Waals surface area contributed by atoms with Crippen LogP contribution in [0.15, 0.2) is 29.3 Å². The van der Waals surface area contributed by atoms with E-state index in [9.17, 15) is 4.39 Å². The van der Waals surface area contributed by atoms with Crippen molar-refractivity contribution < 1.29 is 4.39 Å². The fourth-order valence-corrected chi connectivity index (χ4v) is 1.03. The molecule has 70 valence electrons. The summed E-state index contributed by atoms with van der Waals surface area (Å²) in [5, 5.41) is 3.00. The van der Waals surface area contributed by atoms with E-state index in [1.165, 1.54) is 12.1 Å². The first-order valence-corrected chi connectivity index (χ1v) is 4.51. The first kappa shape index (κ1) is 10.1. The summed E-state index contributed by atoms with van der Waals surface area (Å²) >= 11 is 3.20. The average molecular weight is 245 g/mol. The molecule has 13 heavy (non-hydrogen) atoms. The lowest BCUT2D eigenvalue weighted by Gasteiger charge is -2.07. The average Bonchev–Trinajstić information content (AvgIpc) is 2.02. The van der Waals surface area contributed by atoms with E-state index in [1.807, 2.05) is 0 Å². The van der Waals surface area contributed by atoms with Gasteiger partial charge in [0.1, 0.15) is 5.82 Å². The van der Waals surface area contributed by atoms with Gasteiger partial charge < -0.3 is 11.1 Å². The van der Waals surface area contributed by atoms with Crippen LogP contribution in [0.5, 0.6) is 0 Å². The zero-order valence-corrected chi connectivity index (χ0v) is 8.57. The minimum Gasteiger partial charge on any atom is -0.397 e. The highest BCUT2D eigenvalue weighted by molar-refractivity contribution is 9.11. The predicted octanol–water partition coefficient (Wildman–Crippen LogP) is 2.73. The Bertz CT molecular complexity index is 325. The van der Waals surface area contributed by atoms with Gasteiger partial charge in [0, 0.05) is 11.0 Å². The van der Waals surface area contributed by atoms with Gasteiger partial charge in [0.15, 0.2) is 0 Å². The van der Waals surface area contributed by atoms with Crippen LogP contribution in [0.3, 0.4) is 0 Å². The maximum atomic E-state index is 12.6. The first-order valence-electron chi connectivity index (χ1n) is 3.72. The third kappa shape index (κ3) is 3.06. The highest BCUT2D eigenvalue weighted by Crippen LogP contribution is 2.19. The number of nitrogen functional groups attached to an aromatic ring is 1. The second kappa shape index (κ2) is 4.28. The summed E-state index contributed by atoms with van der Waals surface area (Å²) < 4.78 is 13.4. The third-order valence-electron chi connectivity index (χ3n) is 1.48. The lowest BCUT2D eigenvalue weighted by Crippen LogP contribution is -2.03. The van der Waals surface area contributed by atoms with Crippen molar-refractivity contribution in [3.8, 4) is 0 Å². The Hall–Kier alpha value is -1.03. The van der Waals surface area contributed by atoms with Crippen LogP contribution >= 0.6 is 15.9 Å². The molecule has 1 rings (SSSR count). The van der Waals surface area contributed by atoms with Crippen LogP contribution in [0, 0.1) is 5.82 Å². The Morgan fingerprint density at radius 3 is 2.85 bits per heavy atom. The van der Waals surface area contributed by atoms with Crippen LogP contribution < -0.4 is 11.1 Å². The molecule has 1 aromatic rings. The number of anilines is 2. The number of halogens is 2. The lowest BCUT2D eigenvalue weighted by atomic mass is 10.2. The van der Waals surface area contributed by atoms with Crippen LogP contribution in [0.25, 0.3) is 0 Å². The molecular weight excluding hydrogens is 235 g/mol. The summed E-state index contributed by atoms with van der Waals surface area (Å²) in [6.45, 7) is 4.22. The minimum absolute atomic E-state index is 0.333. The van der Waals surface area contributed by atoms with Crippen LogP contribution in [-0.4, -0.2) is 6.54 Å². The van der Waals surface area contributed by atoms with Gasteiger partial charge in [-0.2, -0.15) is 0 Å². The van der Waals surface area contributed by atoms with Gasteiger partial charge in [-0.05, 0) is 18.2 Å². The summed E-state index contributed by atoms with van der Waals surface area (Å²) in [7, 11) is 0. The Kier molecular flexibility index (Phi) is 3.31. The van der Waals surface area contributed by atoms with Crippen molar-refractivity contribution in [2.24, 2.45) is 0 Å². The predicted molar refractivity (Wildman–Crippen MR) is 57.4 cm³/mol. The zero-order valence-electron chi connectivity index (χ0n) is 6.98. The third-order valence-corrected chi connectivity index (χ3v) is 1.76. The molecule has 0 bridgehead atoms. The molecule has 0 saturated carbocycles. The second-order valence-corrected chi connectivity index (χ2v) is 3.72. The Morgan fingerprint density at radius 2 is 2.31 bits per heavy atom. The van der Waals surface area contributed by atoms with E-state index in [0.717, 1.165) is 4.48 Å². The first-order chi connectivity index (χ1) is 6.09. The van der Waals surface area contributed by atoms with E-state index in [4.69, 9.17) is 5.73 Å². The van der Waals surface area contributed by atoms with Crippen LogP contribution in [0.1, 0.15) is 0 Å². The maximum absolute atomic E-state index is 12.6. The van der Waals surface area contributed by atoms with Crippen molar-refractivity contribution in [2.75, 3.05) is 17.6 Å². The Labute approximate surface area is 84.8 Å². The quantitative estimate of drug-likeness (QED) is 0.803. The topological polar surface area (TPSA) is 38.0 Å². The molecule has 0 aromatic heterocycles. The molecule has 0 fully saturated rings. The van der Waals surface area contributed by atoms with Gasteiger partial charge in [-0.25, -0.2) is 4.39 Å². The number of nitrogens with two attached hydrogens (primary N) is 1. The van der Waals surface area contributed by atoms with Gasteiger partial charge in [-0.1, -0.05) is 22.5 Å². The van der Waals surface area contributed by atoms with Gasteiger partial charge >= 0.3 is 0 Å². The van der Waals surface area contributed by atoms with Crippen molar-refractivity contribution >= 4 is 27.3 Å². The molecule has 0 aliphatic rings. The molecule has 2 nitrogen and oxygen atoms in total. The van der Waals surface area contributed by atoms with Crippen LogP contribution in [0.4, 0.5) is 15.8 Å². The summed E-state index contributed by atoms with van der Waals surface area (Å²) in [5.41, 5.74) is 6.67.